The van der Waals surface area contributed by atoms with E-state index < -0.39 is 16.4 Å². The summed E-state index contributed by atoms with van der Waals surface area (Å²) >= 11 is 0. The van der Waals surface area contributed by atoms with Crippen molar-refractivity contribution in [1.29, 1.82) is 0 Å². The standard InChI is InChI=1S/C14H13FN2O3/c1-20-14-5-3-2-4-12(14)16-9-10-6-7-13(17(18)19)11(15)8-10/h2-8,16H,9H2,1H3. The van der Waals surface area contributed by atoms with Crippen molar-refractivity contribution in [1.82, 2.24) is 0 Å². The van der Waals surface area contributed by atoms with Crippen LogP contribution in [0.4, 0.5) is 15.8 Å². The molecule has 104 valence electrons. The Hall–Kier alpha value is -2.63. The Balaban J connectivity index is 2.11. The predicted octanol–water partition coefficient (Wildman–Crippen LogP) is 3.35. The number of hydrogen-bond acceptors (Lipinski definition) is 4. The Kier molecular flexibility index (Phi) is 4.14. The summed E-state index contributed by atoms with van der Waals surface area (Å²) in [6, 6.07) is 11.2. The highest BCUT2D eigenvalue weighted by atomic mass is 19.1. The molecule has 0 saturated heterocycles. The average molecular weight is 276 g/mol. The zero-order valence-electron chi connectivity index (χ0n) is 10.8. The van der Waals surface area contributed by atoms with E-state index in [1.165, 1.54) is 6.07 Å². The van der Waals surface area contributed by atoms with Gasteiger partial charge in [-0.2, -0.15) is 4.39 Å². The van der Waals surface area contributed by atoms with Gasteiger partial charge in [0, 0.05) is 12.6 Å². The highest BCUT2D eigenvalue weighted by Crippen LogP contribution is 2.24. The first kappa shape index (κ1) is 13.8. The monoisotopic (exact) mass is 276 g/mol. The number of methoxy groups -OCH3 is 1. The van der Waals surface area contributed by atoms with Crippen LogP contribution in [0.5, 0.6) is 5.75 Å². The number of para-hydroxylation sites is 2. The van der Waals surface area contributed by atoms with E-state index in [9.17, 15) is 14.5 Å². The van der Waals surface area contributed by atoms with Gasteiger partial charge in [-0.25, -0.2) is 0 Å². The van der Waals surface area contributed by atoms with Crippen LogP contribution in [0, 0.1) is 15.9 Å². The number of nitro groups is 1. The molecule has 0 aliphatic carbocycles. The van der Waals surface area contributed by atoms with E-state index in [0.717, 1.165) is 17.8 Å². The SMILES string of the molecule is COc1ccccc1NCc1ccc([N+](=O)[O-])c(F)c1. The van der Waals surface area contributed by atoms with Crippen molar-refractivity contribution in [2.75, 3.05) is 12.4 Å². The summed E-state index contributed by atoms with van der Waals surface area (Å²) in [5.41, 5.74) is 0.860. The fourth-order valence-corrected chi connectivity index (χ4v) is 1.80. The first-order chi connectivity index (χ1) is 9.61. The molecule has 0 heterocycles. The van der Waals surface area contributed by atoms with E-state index in [2.05, 4.69) is 5.32 Å². The number of anilines is 1. The maximum atomic E-state index is 13.5. The van der Waals surface area contributed by atoms with Crippen LogP contribution in [-0.2, 0) is 6.54 Å². The zero-order valence-corrected chi connectivity index (χ0v) is 10.8. The molecule has 2 aromatic carbocycles. The number of halogens is 1. The molecular weight excluding hydrogens is 263 g/mol. The van der Waals surface area contributed by atoms with Gasteiger partial charge in [-0.1, -0.05) is 18.2 Å². The first-order valence-electron chi connectivity index (χ1n) is 5.91. The minimum atomic E-state index is -0.839. The lowest BCUT2D eigenvalue weighted by Gasteiger charge is -2.10. The quantitative estimate of drug-likeness (QED) is 0.671. The van der Waals surface area contributed by atoms with Gasteiger partial charge in [-0.05, 0) is 23.8 Å². The second-order valence-corrected chi connectivity index (χ2v) is 4.10. The molecule has 0 aliphatic heterocycles. The number of nitrogens with zero attached hydrogens (tertiary/aromatic N) is 1. The van der Waals surface area contributed by atoms with E-state index in [-0.39, 0.29) is 0 Å². The van der Waals surface area contributed by atoms with Gasteiger partial charge < -0.3 is 10.1 Å². The smallest absolute Gasteiger partial charge is 0.304 e. The molecule has 2 rings (SSSR count). The number of nitro benzene ring substituents is 1. The maximum Gasteiger partial charge on any atom is 0.304 e. The van der Waals surface area contributed by atoms with Crippen LogP contribution in [0.3, 0.4) is 0 Å². The summed E-state index contributed by atoms with van der Waals surface area (Å²) in [4.78, 5) is 9.79. The van der Waals surface area contributed by atoms with Gasteiger partial charge in [-0.15, -0.1) is 0 Å². The van der Waals surface area contributed by atoms with Crippen LogP contribution in [-0.4, -0.2) is 12.0 Å². The van der Waals surface area contributed by atoms with Gasteiger partial charge in [0.25, 0.3) is 0 Å². The third kappa shape index (κ3) is 3.03. The lowest BCUT2D eigenvalue weighted by atomic mass is 10.2. The topological polar surface area (TPSA) is 64.4 Å². The molecule has 0 bridgehead atoms. The number of nitrogens with one attached hydrogen (secondary N) is 1. The van der Waals surface area contributed by atoms with Crippen molar-refractivity contribution >= 4 is 11.4 Å². The fraction of sp³-hybridized carbons (Fsp3) is 0.143. The Morgan fingerprint density at radius 2 is 2.05 bits per heavy atom. The molecule has 5 nitrogen and oxygen atoms in total. The number of benzene rings is 2. The van der Waals surface area contributed by atoms with Crippen molar-refractivity contribution in [3.05, 3.63) is 64.0 Å². The molecule has 0 aliphatic rings. The zero-order chi connectivity index (χ0) is 14.5. The molecule has 0 amide bonds. The third-order valence-electron chi connectivity index (χ3n) is 2.80. The summed E-state index contributed by atoms with van der Waals surface area (Å²) in [6.07, 6.45) is 0. The maximum absolute atomic E-state index is 13.5. The molecule has 2 aromatic rings. The minimum Gasteiger partial charge on any atom is -0.495 e. The van der Waals surface area contributed by atoms with E-state index in [0.29, 0.717) is 17.9 Å². The summed E-state index contributed by atoms with van der Waals surface area (Å²) in [6.45, 7) is 0.343. The van der Waals surface area contributed by atoms with Gasteiger partial charge in [0.15, 0.2) is 0 Å². The van der Waals surface area contributed by atoms with Crippen molar-refractivity contribution in [3.8, 4) is 5.75 Å². The molecule has 0 unspecified atom stereocenters. The molecule has 6 heteroatoms. The van der Waals surface area contributed by atoms with Gasteiger partial charge in [0.1, 0.15) is 5.75 Å². The van der Waals surface area contributed by atoms with Gasteiger partial charge >= 0.3 is 5.69 Å². The fourth-order valence-electron chi connectivity index (χ4n) is 1.80. The van der Waals surface area contributed by atoms with Crippen molar-refractivity contribution in [2.24, 2.45) is 0 Å². The Morgan fingerprint density at radius 1 is 1.30 bits per heavy atom. The van der Waals surface area contributed by atoms with Crippen molar-refractivity contribution in [2.45, 2.75) is 6.54 Å². The molecule has 0 aromatic heterocycles. The van der Waals surface area contributed by atoms with Crippen LogP contribution in [0.15, 0.2) is 42.5 Å². The third-order valence-corrected chi connectivity index (χ3v) is 2.80. The van der Waals surface area contributed by atoms with E-state index in [4.69, 9.17) is 4.74 Å². The van der Waals surface area contributed by atoms with Crippen LogP contribution >= 0.6 is 0 Å². The lowest BCUT2D eigenvalue weighted by molar-refractivity contribution is -0.387. The molecule has 1 N–H and O–H groups in total. The van der Waals surface area contributed by atoms with Crippen LogP contribution in [0.25, 0.3) is 0 Å². The predicted molar refractivity (Wildman–Crippen MR) is 73.4 cm³/mol. The normalized spacial score (nSPS) is 10.1. The Bertz CT molecular complexity index is 632. The van der Waals surface area contributed by atoms with Gasteiger partial charge in [0.2, 0.25) is 5.82 Å². The molecule has 20 heavy (non-hydrogen) atoms. The van der Waals surface area contributed by atoms with E-state index in [1.54, 1.807) is 13.2 Å². The van der Waals surface area contributed by atoms with Crippen molar-refractivity contribution in [3.63, 3.8) is 0 Å². The Labute approximate surface area is 115 Å². The summed E-state index contributed by atoms with van der Waals surface area (Å²) in [5.74, 6) is -0.163. The second kappa shape index (κ2) is 6.01. The molecule has 0 spiro atoms. The number of rotatable bonds is 5. The van der Waals surface area contributed by atoms with Crippen LogP contribution in [0.2, 0.25) is 0 Å². The molecule has 0 fully saturated rings. The largest absolute Gasteiger partial charge is 0.495 e. The molecule has 0 radical (unpaired) electrons. The van der Waals surface area contributed by atoms with E-state index >= 15 is 0 Å². The molecule has 0 saturated carbocycles. The Morgan fingerprint density at radius 3 is 2.70 bits per heavy atom. The average Bonchev–Trinajstić information content (AvgIpc) is 2.45. The lowest BCUT2D eigenvalue weighted by Crippen LogP contribution is -2.02. The highest BCUT2D eigenvalue weighted by molar-refractivity contribution is 5.56. The molecular formula is C14H13FN2O3. The number of hydrogen-bond donors (Lipinski definition) is 1. The summed E-state index contributed by atoms with van der Waals surface area (Å²) < 4.78 is 18.7. The highest BCUT2D eigenvalue weighted by Gasteiger charge is 2.13. The van der Waals surface area contributed by atoms with Gasteiger partial charge in [-0.3, -0.25) is 10.1 Å². The van der Waals surface area contributed by atoms with Crippen LogP contribution in [0.1, 0.15) is 5.56 Å². The first-order valence-corrected chi connectivity index (χ1v) is 5.91. The minimum absolute atomic E-state index is 0.343. The number of ether oxygens (including phenoxy) is 1. The van der Waals surface area contributed by atoms with Crippen molar-refractivity contribution < 1.29 is 14.1 Å². The summed E-state index contributed by atoms with van der Waals surface area (Å²) in [7, 11) is 1.56. The van der Waals surface area contributed by atoms with Gasteiger partial charge in [0.05, 0.1) is 17.7 Å². The summed E-state index contributed by atoms with van der Waals surface area (Å²) in [5, 5.41) is 13.6. The van der Waals surface area contributed by atoms with Crippen LogP contribution < -0.4 is 10.1 Å². The molecule has 0 atom stereocenters. The van der Waals surface area contributed by atoms with E-state index in [1.807, 2.05) is 18.2 Å². The second-order valence-electron chi connectivity index (χ2n) is 4.10.